The van der Waals surface area contributed by atoms with Crippen LogP contribution in [0.3, 0.4) is 0 Å². The highest BCUT2D eigenvalue weighted by Gasteiger charge is 2.35. The standard InChI is InChI=1S/C22H33N3O3/c1-18-6-2-3-7-19(18)16-23-10-12-24(13-11-23)21(26)17-25-9-5-4-8-20(25)22-27-14-15-28-22/h2-3,6-7,20,22H,4-5,8-17H2,1H3. The van der Waals surface area contributed by atoms with E-state index in [-0.39, 0.29) is 18.2 Å². The third-order valence-electron chi connectivity index (χ3n) is 6.34. The van der Waals surface area contributed by atoms with Crippen molar-refractivity contribution in [2.75, 3.05) is 52.5 Å². The first-order valence-electron chi connectivity index (χ1n) is 10.7. The molecule has 1 aromatic carbocycles. The van der Waals surface area contributed by atoms with E-state index in [1.54, 1.807) is 0 Å². The third-order valence-corrected chi connectivity index (χ3v) is 6.34. The Hall–Kier alpha value is -1.47. The predicted molar refractivity (Wildman–Crippen MR) is 108 cm³/mol. The molecule has 0 aromatic heterocycles. The van der Waals surface area contributed by atoms with Crippen molar-refractivity contribution in [3.05, 3.63) is 35.4 Å². The highest BCUT2D eigenvalue weighted by Crippen LogP contribution is 2.24. The zero-order chi connectivity index (χ0) is 19.3. The molecule has 0 bridgehead atoms. The van der Waals surface area contributed by atoms with Crippen LogP contribution in [0.1, 0.15) is 30.4 Å². The molecule has 0 saturated carbocycles. The molecule has 1 amide bonds. The molecule has 1 atom stereocenters. The van der Waals surface area contributed by atoms with Gasteiger partial charge in [0.05, 0.1) is 25.8 Å². The van der Waals surface area contributed by atoms with E-state index >= 15 is 0 Å². The molecule has 6 heteroatoms. The first-order chi connectivity index (χ1) is 13.7. The molecule has 3 heterocycles. The number of hydrogen-bond donors (Lipinski definition) is 0. The fraction of sp³-hybridized carbons (Fsp3) is 0.682. The van der Waals surface area contributed by atoms with Gasteiger partial charge in [0.25, 0.3) is 0 Å². The zero-order valence-corrected chi connectivity index (χ0v) is 17.0. The number of aryl methyl sites for hydroxylation is 1. The van der Waals surface area contributed by atoms with E-state index in [1.807, 2.05) is 4.90 Å². The number of carbonyl (C=O) groups excluding carboxylic acids is 1. The molecule has 0 spiro atoms. The van der Waals surface area contributed by atoms with E-state index < -0.39 is 0 Å². The topological polar surface area (TPSA) is 45.2 Å². The number of piperazine rings is 1. The lowest BCUT2D eigenvalue weighted by atomic mass is 10.0. The number of ether oxygens (including phenoxy) is 2. The molecule has 0 aliphatic carbocycles. The van der Waals surface area contributed by atoms with Crippen molar-refractivity contribution in [3.63, 3.8) is 0 Å². The molecular formula is C22H33N3O3. The lowest BCUT2D eigenvalue weighted by molar-refractivity contribution is -0.141. The van der Waals surface area contributed by atoms with Gasteiger partial charge in [-0.05, 0) is 37.4 Å². The third kappa shape index (κ3) is 4.74. The monoisotopic (exact) mass is 387 g/mol. The summed E-state index contributed by atoms with van der Waals surface area (Å²) in [7, 11) is 0. The van der Waals surface area contributed by atoms with E-state index in [0.29, 0.717) is 19.8 Å². The van der Waals surface area contributed by atoms with Crippen LogP contribution in [-0.2, 0) is 20.8 Å². The van der Waals surface area contributed by atoms with Gasteiger partial charge in [-0.25, -0.2) is 0 Å². The summed E-state index contributed by atoms with van der Waals surface area (Å²) in [6.45, 7) is 9.47. The van der Waals surface area contributed by atoms with Crippen LogP contribution in [0.5, 0.6) is 0 Å². The molecule has 3 aliphatic heterocycles. The van der Waals surface area contributed by atoms with Gasteiger partial charge in [-0.15, -0.1) is 0 Å². The summed E-state index contributed by atoms with van der Waals surface area (Å²) in [5, 5.41) is 0. The van der Waals surface area contributed by atoms with Gasteiger partial charge < -0.3 is 14.4 Å². The zero-order valence-electron chi connectivity index (χ0n) is 17.0. The van der Waals surface area contributed by atoms with Crippen LogP contribution < -0.4 is 0 Å². The average Bonchev–Trinajstić information content (AvgIpc) is 3.25. The normalized spacial score (nSPS) is 25.3. The Labute approximate surface area is 168 Å². The number of likely N-dealkylation sites (tertiary alicyclic amines) is 1. The van der Waals surface area contributed by atoms with Crippen LogP contribution in [-0.4, -0.2) is 85.4 Å². The van der Waals surface area contributed by atoms with Gasteiger partial charge in [0.15, 0.2) is 6.29 Å². The second-order valence-corrected chi connectivity index (χ2v) is 8.23. The number of piperidine rings is 1. The Morgan fingerprint density at radius 2 is 1.79 bits per heavy atom. The molecule has 154 valence electrons. The first kappa shape index (κ1) is 19.8. The lowest BCUT2D eigenvalue weighted by Crippen LogP contribution is -2.54. The molecule has 0 N–H and O–H groups in total. The summed E-state index contributed by atoms with van der Waals surface area (Å²) >= 11 is 0. The summed E-state index contributed by atoms with van der Waals surface area (Å²) in [6.07, 6.45) is 3.25. The largest absolute Gasteiger partial charge is 0.349 e. The molecule has 1 aromatic rings. The maximum absolute atomic E-state index is 12.9. The lowest BCUT2D eigenvalue weighted by Gasteiger charge is -2.40. The minimum atomic E-state index is -0.154. The summed E-state index contributed by atoms with van der Waals surface area (Å²) < 4.78 is 11.5. The molecule has 3 aliphatic rings. The van der Waals surface area contributed by atoms with Gasteiger partial charge in [0.1, 0.15) is 0 Å². The van der Waals surface area contributed by atoms with Gasteiger partial charge in [-0.2, -0.15) is 0 Å². The second-order valence-electron chi connectivity index (χ2n) is 8.23. The Morgan fingerprint density at radius 1 is 1.04 bits per heavy atom. The molecule has 3 saturated heterocycles. The van der Waals surface area contributed by atoms with Crippen LogP contribution in [0.4, 0.5) is 0 Å². The highest BCUT2D eigenvalue weighted by atomic mass is 16.7. The van der Waals surface area contributed by atoms with E-state index in [2.05, 4.69) is 41.0 Å². The molecule has 28 heavy (non-hydrogen) atoms. The summed E-state index contributed by atoms with van der Waals surface area (Å²) in [6, 6.07) is 8.79. The molecule has 6 nitrogen and oxygen atoms in total. The van der Waals surface area contributed by atoms with E-state index in [1.165, 1.54) is 17.5 Å². The Balaban J connectivity index is 1.27. The second kappa shape index (κ2) is 9.35. The minimum absolute atomic E-state index is 0.154. The van der Waals surface area contributed by atoms with Gasteiger partial charge >= 0.3 is 0 Å². The van der Waals surface area contributed by atoms with Crippen molar-refractivity contribution in [2.24, 2.45) is 0 Å². The number of nitrogens with zero attached hydrogens (tertiary/aromatic N) is 3. The molecule has 3 fully saturated rings. The minimum Gasteiger partial charge on any atom is -0.349 e. The van der Waals surface area contributed by atoms with Crippen LogP contribution in [0.2, 0.25) is 0 Å². The molecule has 4 rings (SSSR count). The summed E-state index contributed by atoms with van der Waals surface area (Å²) in [5.74, 6) is 0.250. The Kier molecular flexibility index (Phi) is 6.62. The van der Waals surface area contributed by atoms with Crippen LogP contribution in [0.15, 0.2) is 24.3 Å². The van der Waals surface area contributed by atoms with Crippen molar-refractivity contribution < 1.29 is 14.3 Å². The van der Waals surface area contributed by atoms with Crippen molar-refractivity contribution >= 4 is 5.91 Å². The molecular weight excluding hydrogens is 354 g/mol. The van der Waals surface area contributed by atoms with Crippen LogP contribution >= 0.6 is 0 Å². The number of rotatable bonds is 5. The van der Waals surface area contributed by atoms with Crippen molar-refractivity contribution in [2.45, 2.75) is 45.1 Å². The van der Waals surface area contributed by atoms with Crippen molar-refractivity contribution in [3.8, 4) is 0 Å². The smallest absolute Gasteiger partial charge is 0.236 e. The van der Waals surface area contributed by atoms with Crippen molar-refractivity contribution in [1.29, 1.82) is 0 Å². The number of benzene rings is 1. The summed E-state index contributed by atoms with van der Waals surface area (Å²) in [4.78, 5) is 19.7. The van der Waals surface area contributed by atoms with E-state index in [9.17, 15) is 4.79 Å². The first-order valence-corrected chi connectivity index (χ1v) is 10.7. The predicted octanol–water partition coefficient (Wildman–Crippen LogP) is 1.87. The van der Waals surface area contributed by atoms with Gasteiger partial charge in [-0.3, -0.25) is 14.6 Å². The fourth-order valence-electron chi connectivity index (χ4n) is 4.58. The highest BCUT2D eigenvalue weighted by molar-refractivity contribution is 5.78. The van der Waals surface area contributed by atoms with Crippen LogP contribution in [0.25, 0.3) is 0 Å². The maximum Gasteiger partial charge on any atom is 0.236 e. The van der Waals surface area contributed by atoms with Crippen molar-refractivity contribution in [1.82, 2.24) is 14.7 Å². The van der Waals surface area contributed by atoms with Crippen LogP contribution in [0, 0.1) is 6.92 Å². The Morgan fingerprint density at radius 3 is 2.54 bits per heavy atom. The number of hydrogen-bond acceptors (Lipinski definition) is 5. The number of carbonyl (C=O) groups is 1. The van der Waals surface area contributed by atoms with E-state index in [4.69, 9.17) is 9.47 Å². The Bertz CT molecular complexity index is 654. The van der Waals surface area contributed by atoms with Gasteiger partial charge in [0, 0.05) is 32.7 Å². The molecule has 0 radical (unpaired) electrons. The SMILES string of the molecule is Cc1ccccc1CN1CCN(C(=O)CN2CCCCC2C2OCCO2)CC1. The van der Waals surface area contributed by atoms with Gasteiger partial charge in [-0.1, -0.05) is 30.7 Å². The molecule has 1 unspecified atom stereocenters. The quantitative estimate of drug-likeness (QED) is 0.772. The summed E-state index contributed by atoms with van der Waals surface area (Å²) in [5.41, 5.74) is 2.73. The maximum atomic E-state index is 12.9. The fourth-order valence-corrected chi connectivity index (χ4v) is 4.58. The average molecular weight is 388 g/mol. The van der Waals surface area contributed by atoms with Gasteiger partial charge in [0.2, 0.25) is 5.91 Å². The number of amides is 1. The van der Waals surface area contributed by atoms with E-state index in [0.717, 1.165) is 52.1 Å².